The van der Waals surface area contributed by atoms with Crippen LogP contribution in [0.1, 0.15) is 46.5 Å². The van der Waals surface area contributed by atoms with Gasteiger partial charge in [0.1, 0.15) is 18.1 Å². The average molecular weight is 445 g/mol. The maximum atomic E-state index is 12.7. The Bertz CT molecular complexity index is 696. The second kappa shape index (κ2) is 13.2. The standard InChI is InChI=1S/C18H31N5O8/c1-4-8(2)14(17(29)21-10(18(30)31)5-6-13(25)26)23-16(28)11(7-12(20)24)22-15(27)9(3)19/h8-11,14H,4-7,19H2,1-3H3,(H2,20,24)(H,21,29)(H,22,27)(H,23,28)(H,25,26)(H,30,31). The van der Waals surface area contributed by atoms with Gasteiger partial charge in [-0.3, -0.25) is 24.0 Å². The van der Waals surface area contributed by atoms with Crippen LogP contribution in [-0.2, 0) is 28.8 Å². The van der Waals surface area contributed by atoms with Crippen molar-refractivity contribution in [1.29, 1.82) is 0 Å². The highest BCUT2D eigenvalue weighted by molar-refractivity contribution is 5.96. The lowest BCUT2D eigenvalue weighted by molar-refractivity contribution is -0.144. The number of amides is 4. The molecule has 5 atom stereocenters. The molecule has 0 fully saturated rings. The van der Waals surface area contributed by atoms with Crippen molar-refractivity contribution < 1.29 is 39.0 Å². The van der Waals surface area contributed by atoms with Gasteiger partial charge in [-0.05, 0) is 19.3 Å². The molecule has 176 valence electrons. The Morgan fingerprint density at radius 1 is 0.871 bits per heavy atom. The number of carboxylic acid groups (broad SMARTS) is 2. The molecule has 13 nitrogen and oxygen atoms in total. The van der Waals surface area contributed by atoms with Crippen molar-refractivity contribution in [2.24, 2.45) is 17.4 Å². The summed E-state index contributed by atoms with van der Waals surface area (Å²) >= 11 is 0. The number of rotatable bonds is 14. The lowest BCUT2D eigenvalue weighted by atomic mass is 9.97. The maximum absolute atomic E-state index is 12.7. The molecule has 0 aliphatic carbocycles. The predicted molar refractivity (Wildman–Crippen MR) is 107 cm³/mol. The summed E-state index contributed by atoms with van der Waals surface area (Å²) in [6, 6.07) is -5.06. The minimum Gasteiger partial charge on any atom is -0.481 e. The zero-order chi connectivity index (χ0) is 24.3. The highest BCUT2D eigenvalue weighted by Gasteiger charge is 2.33. The van der Waals surface area contributed by atoms with Gasteiger partial charge in [-0.2, -0.15) is 0 Å². The molecule has 0 saturated carbocycles. The second-order valence-corrected chi connectivity index (χ2v) is 7.22. The van der Waals surface area contributed by atoms with E-state index >= 15 is 0 Å². The number of carbonyl (C=O) groups excluding carboxylic acids is 4. The van der Waals surface area contributed by atoms with Gasteiger partial charge in [0.2, 0.25) is 23.6 Å². The molecule has 0 aliphatic rings. The molecule has 0 aromatic carbocycles. The van der Waals surface area contributed by atoms with E-state index in [2.05, 4.69) is 16.0 Å². The van der Waals surface area contributed by atoms with Gasteiger partial charge < -0.3 is 37.6 Å². The molecule has 0 radical (unpaired) electrons. The van der Waals surface area contributed by atoms with E-state index in [0.29, 0.717) is 6.42 Å². The van der Waals surface area contributed by atoms with Crippen molar-refractivity contribution in [1.82, 2.24) is 16.0 Å². The van der Waals surface area contributed by atoms with Gasteiger partial charge in [-0.15, -0.1) is 0 Å². The minimum atomic E-state index is -1.48. The predicted octanol–water partition coefficient (Wildman–Crippen LogP) is -2.34. The Morgan fingerprint density at radius 3 is 1.84 bits per heavy atom. The van der Waals surface area contributed by atoms with Gasteiger partial charge >= 0.3 is 11.9 Å². The van der Waals surface area contributed by atoms with Gasteiger partial charge in [-0.1, -0.05) is 20.3 Å². The number of carboxylic acids is 2. The lowest BCUT2D eigenvalue weighted by Gasteiger charge is -2.27. The fourth-order valence-corrected chi connectivity index (χ4v) is 2.46. The second-order valence-electron chi connectivity index (χ2n) is 7.22. The van der Waals surface area contributed by atoms with Crippen LogP contribution in [0.5, 0.6) is 0 Å². The first-order valence-electron chi connectivity index (χ1n) is 9.69. The number of nitrogens with two attached hydrogens (primary N) is 2. The van der Waals surface area contributed by atoms with Crippen molar-refractivity contribution in [3.05, 3.63) is 0 Å². The van der Waals surface area contributed by atoms with Gasteiger partial charge in [0.05, 0.1) is 12.5 Å². The van der Waals surface area contributed by atoms with E-state index in [9.17, 15) is 33.9 Å². The summed E-state index contributed by atoms with van der Waals surface area (Å²) in [4.78, 5) is 70.5. The lowest BCUT2D eigenvalue weighted by Crippen LogP contribution is -2.59. The number of hydrogen-bond acceptors (Lipinski definition) is 7. The molecule has 9 N–H and O–H groups in total. The van der Waals surface area contributed by atoms with Crippen molar-refractivity contribution >= 4 is 35.6 Å². The van der Waals surface area contributed by atoms with Crippen LogP contribution in [0.15, 0.2) is 0 Å². The van der Waals surface area contributed by atoms with Crippen LogP contribution < -0.4 is 27.4 Å². The number of hydrogen-bond donors (Lipinski definition) is 7. The fourth-order valence-electron chi connectivity index (χ4n) is 2.46. The first-order chi connectivity index (χ1) is 14.3. The van der Waals surface area contributed by atoms with Crippen LogP contribution >= 0.6 is 0 Å². The van der Waals surface area contributed by atoms with Crippen molar-refractivity contribution in [3.63, 3.8) is 0 Å². The maximum Gasteiger partial charge on any atom is 0.326 e. The molecule has 0 spiro atoms. The summed E-state index contributed by atoms with van der Waals surface area (Å²) in [6.45, 7) is 4.73. The zero-order valence-corrected chi connectivity index (χ0v) is 17.7. The molecular formula is C18H31N5O8. The largest absolute Gasteiger partial charge is 0.481 e. The van der Waals surface area contributed by atoms with Crippen LogP contribution in [0.3, 0.4) is 0 Å². The SMILES string of the molecule is CCC(C)C(NC(=O)C(CC(N)=O)NC(=O)C(C)N)C(=O)NC(CCC(=O)O)C(=O)O. The van der Waals surface area contributed by atoms with Crippen LogP contribution in [0.25, 0.3) is 0 Å². The molecule has 4 amide bonds. The summed E-state index contributed by atoms with van der Waals surface area (Å²) in [7, 11) is 0. The molecule has 31 heavy (non-hydrogen) atoms. The van der Waals surface area contributed by atoms with E-state index in [1.807, 2.05) is 0 Å². The van der Waals surface area contributed by atoms with Gasteiger partial charge in [0.25, 0.3) is 0 Å². The van der Waals surface area contributed by atoms with Gasteiger partial charge in [-0.25, -0.2) is 4.79 Å². The zero-order valence-electron chi connectivity index (χ0n) is 17.7. The number of nitrogens with one attached hydrogen (secondary N) is 3. The molecule has 0 bridgehead atoms. The van der Waals surface area contributed by atoms with E-state index in [4.69, 9.17) is 16.6 Å². The van der Waals surface area contributed by atoms with Crippen molar-refractivity contribution in [2.75, 3.05) is 0 Å². The monoisotopic (exact) mass is 445 g/mol. The fraction of sp³-hybridized carbons (Fsp3) is 0.667. The summed E-state index contributed by atoms with van der Waals surface area (Å²) < 4.78 is 0. The normalized spacial score (nSPS) is 15.5. The van der Waals surface area contributed by atoms with Gasteiger partial charge in [0.15, 0.2) is 0 Å². The quantitative estimate of drug-likeness (QED) is 0.151. The molecule has 0 aromatic heterocycles. The Labute approximate surface area is 179 Å². The van der Waals surface area contributed by atoms with E-state index in [0.717, 1.165) is 0 Å². The number of primary amides is 1. The topological polar surface area (TPSA) is 231 Å². The Morgan fingerprint density at radius 2 is 1.42 bits per heavy atom. The molecule has 0 aliphatic heterocycles. The first kappa shape index (κ1) is 27.8. The van der Waals surface area contributed by atoms with E-state index < -0.39 is 78.5 Å². The van der Waals surface area contributed by atoms with Crippen LogP contribution in [0.2, 0.25) is 0 Å². The summed E-state index contributed by atoms with van der Waals surface area (Å²) in [5.74, 6) is -6.45. The highest BCUT2D eigenvalue weighted by atomic mass is 16.4. The third-order valence-electron chi connectivity index (χ3n) is 4.51. The molecule has 5 unspecified atom stereocenters. The number of carbonyl (C=O) groups is 6. The smallest absolute Gasteiger partial charge is 0.326 e. The molecular weight excluding hydrogens is 414 g/mol. The molecule has 13 heteroatoms. The van der Waals surface area contributed by atoms with Crippen molar-refractivity contribution in [3.8, 4) is 0 Å². The third-order valence-corrected chi connectivity index (χ3v) is 4.51. The van der Waals surface area contributed by atoms with Crippen LogP contribution in [0.4, 0.5) is 0 Å². The minimum absolute atomic E-state index is 0.355. The van der Waals surface area contributed by atoms with Crippen LogP contribution in [-0.4, -0.2) is 69.9 Å². The Hall–Kier alpha value is -3.22. The average Bonchev–Trinajstić information content (AvgIpc) is 2.66. The van der Waals surface area contributed by atoms with Crippen LogP contribution in [0, 0.1) is 5.92 Å². The summed E-state index contributed by atoms with van der Waals surface area (Å²) in [5, 5.41) is 24.9. The Balaban J connectivity index is 5.51. The third kappa shape index (κ3) is 10.4. The first-order valence-corrected chi connectivity index (χ1v) is 9.69. The molecule has 0 rings (SSSR count). The van der Waals surface area contributed by atoms with E-state index in [1.54, 1.807) is 13.8 Å². The van der Waals surface area contributed by atoms with Crippen molar-refractivity contribution in [2.45, 2.75) is 70.6 Å². The molecule has 0 heterocycles. The molecule has 0 saturated heterocycles. The summed E-state index contributed by atoms with van der Waals surface area (Å²) in [6.07, 6.45) is -0.971. The van der Waals surface area contributed by atoms with E-state index in [1.165, 1.54) is 6.92 Å². The number of aliphatic carboxylic acids is 2. The van der Waals surface area contributed by atoms with E-state index in [-0.39, 0.29) is 6.42 Å². The summed E-state index contributed by atoms with van der Waals surface area (Å²) in [5.41, 5.74) is 10.6. The molecule has 0 aromatic rings. The van der Waals surface area contributed by atoms with Gasteiger partial charge in [0, 0.05) is 6.42 Å². The Kier molecular flexibility index (Phi) is 11.8. The highest BCUT2D eigenvalue weighted by Crippen LogP contribution is 2.10.